The highest BCUT2D eigenvalue weighted by molar-refractivity contribution is 6.74. The van der Waals surface area contributed by atoms with Gasteiger partial charge < -0.3 is 19.6 Å². The van der Waals surface area contributed by atoms with Gasteiger partial charge in [-0.2, -0.15) is 4.98 Å². The first-order chi connectivity index (χ1) is 18.4. The van der Waals surface area contributed by atoms with Gasteiger partial charge in [0.25, 0.3) is 11.8 Å². The minimum absolute atomic E-state index is 0.0265. The van der Waals surface area contributed by atoms with Crippen LogP contribution in [0.5, 0.6) is 0 Å². The van der Waals surface area contributed by atoms with Crippen LogP contribution in [0.3, 0.4) is 0 Å². The maximum Gasteiger partial charge on any atom is 0.258 e. The monoisotopic (exact) mass is 548 g/mol. The van der Waals surface area contributed by atoms with Crippen LogP contribution < -0.4 is 10.6 Å². The lowest BCUT2D eigenvalue weighted by atomic mass is 10.1. The Labute approximate surface area is 230 Å². The van der Waals surface area contributed by atoms with Gasteiger partial charge in [0.1, 0.15) is 11.9 Å². The molecule has 9 nitrogen and oxygen atoms in total. The van der Waals surface area contributed by atoms with E-state index >= 15 is 0 Å². The zero-order chi connectivity index (χ0) is 28.2. The molecule has 0 radical (unpaired) electrons. The molecule has 2 amide bonds. The van der Waals surface area contributed by atoms with E-state index in [1.54, 1.807) is 48.5 Å². The van der Waals surface area contributed by atoms with Crippen molar-refractivity contribution in [1.29, 1.82) is 0 Å². The summed E-state index contributed by atoms with van der Waals surface area (Å²) in [5.74, 6) is -0.510. The molecule has 2 heterocycles. The molecule has 3 atom stereocenters. The molecule has 0 aliphatic carbocycles. The Bertz CT molecular complexity index is 1300. The number of aromatic nitrogens is 2. The first kappa shape index (κ1) is 28.6. The van der Waals surface area contributed by atoms with Crippen molar-refractivity contribution in [2.75, 3.05) is 17.2 Å². The number of hydrogen-bond donors (Lipinski definition) is 3. The average molecular weight is 549 g/mol. The molecule has 1 fully saturated rings. The second-order valence-corrected chi connectivity index (χ2v) is 16.0. The minimum atomic E-state index is -2.04. The quantitative estimate of drug-likeness (QED) is 0.331. The number of aliphatic hydroxyl groups is 1. The fraction of sp³-hybridized carbons (Fsp3) is 0.379. The summed E-state index contributed by atoms with van der Waals surface area (Å²) in [5.41, 5.74) is 1.41. The van der Waals surface area contributed by atoms with Crippen LogP contribution >= 0.6 is 0 Å². The van der Waals surface area contributed by atoms with Gasteiger partial charge in [0.15, 0.2) is 8.32 Å². The molecule has 1 aliphatic rings. The van der Waals surface area contributed by atoms with Crippen LogP contribution in [0, 0.1) is 0 Å². The third-order valence-corrected chi connectivity index (χ3v) is 11.8. The zero-order valence-electron chi connectivity index (χ0n) is 23.0. The average Bonchev–Trinajstić information content (AvgIpc) is 3.28. The molecular formula is C29H36N4O5Si. The summed E-state index contributed by atoms with van der Waals surface area (Å²) < 4.78 is 12.5. The van der Waals surface area contributed by atoms with E-state index < -0.39 is 26.6 Å². The van der Waals surface area contributed by atoms with Crippen molar-refractivity contribution in [2.24, 2.45) is 0 Å². The van der Waals surface area contributed by atoms with E-state index in [0.29, 0.717) is 23.1 Å². The molecule has 1 aliphatic heterocycles. The molecular weight excluding hydrogens is 512 g/mol. The number of ether oxygens (including phenoxy) is 1. The van der Waals surface area contributed by atoms with E-state index in [-0.39, 0.29) is 35.2 Å². The van der Waals surface area contributed by atoms with E-state index in [2.05, 4.69) is 54.5 Å². The van der Waals surface area contributed by atoms with Crippen LogP contribution in [0.1, 0.15) is 59.6 Å². The Morgan fingerprint density at radius 3 is 2.13 bits per heavy atom. The lowest BCUT2D eigenvalue weighted by Gasteiger charge is -2.37. The highest BCUT2D eigenvalue weighted by Gasteiger charge is 2.41. The fourth-order valence-corrected chi connectivity index (χ4v) is 4.92. The second kappa shape index (κ2) is 11.7. The summed E-state index contributed by atoms with van der Waals surface area (Å²) >= 11 is 0. The second-order valence-electron chi connectivity index (χ2n) is 11.2. The molecule has 0 saturated carbocycles. The molecule has 3 aromatic rings. The van der Waals surface area contributed by atoms with E-state index in [9.17, 15) is 14.7 Å². The Morgan fingerprint density at radius 1 is 1.00 bits per heavy atom. The van der Waals surface area contributed by atoms with Crippen LogP contribution in [-0.4, -0.2) is 54.0 Å². The molecule has 1 saturated heterocycles. The Kier molecular flexibility index (Phi) is 8.60. The van der Waals surface area contributed by atoms with Gasteiger partial charge in [0.2, 0.25) is 5.95 Å². The van der Waals surface area contributed by atoms with Crippen molar-refractivity contribution >= 4 is 31.9 Å². The van der Waals surface area contributed by atoms with Crippen LogP contribution in [0.25, 0.3) is 0 Å². The van der Waals surface area contributed by atoms with E-state index in [0.717, 1.165) is 0 Å². The van der Waals surface area contributed by atoms with Crippen LogP contribution in [0.15, 0.2) is 66.9 Å². The molecule has 3 N–H and O–H groups in total. The summed E-state index contributed by atoms with van der Waals surface area (Å²) in [6, 6.07) is 17.5. The summed E-state index contributed by atoms with van der Waals surface area (Å²) in [7, 11) is -2.04. The number of nitrogens with zero attached hydrogens (tertiary/aromatic N) is 2. The summed E-state index contributed by atoms with van der Waals surface area (Å²) in [6.45, 7) is 11.0. The van der Waals surface area contributed by atoms with Crippen LogP contribution in [-0.2, 0) is 9.16 Å². The fourth-order valence-electron chi connectivity index (χ4n) is 3.91. The highest BCUT2D eigenvalue weighted by Crippen LogP contribution is 2.39. The lowest BCUT2D eigenvalue weighted by Crippen LogP contribution is -2.43. The largest absolute Gasteiger partial charge is 0.414 e. The molecule has 0 bridgehead atoms. The normalized spacial score (nSPS) is 19.5. The maximum atomic E-state index is 13.0. The Balaban J connectivity index is 1.56. The van der Waals surface area contributed by atoms with Crippen LogP contribution in [0.2, 0.25) is 18.1 Å². The highest BCUT2D eigenvalue weighted by atomic mass is 28.4. The van der Waals surface area contributed by atoms with E-state index in [4.69, 9.17) is 9.16 Å². The van der Waals surface area contributed by atoms with Gasteiger partial charge in [-0.1, -0.05) is 57.2 Å². The van der Waals surface area contributed by atoms with Gasteiger partial charge in [-0.25, -0.2) is 4.98 Å². The van der Waals surface area contributed by atoms with Crippen molar-refractivity contribution in [3.05, 3.63) is 83.6 Å². The third-order valence-electron chi connectivity index (χ3n) is 7.33. The molecule has 1 aromatic heterocycles. The van der Waals surface area contributed by atoms with Crippen molar-refractivity contribution in [3.8, 4) is 0 Å². The molecule has 39 heavy (non-hydrogen) atoms. The number of carbonyl (C=O) groups excluding carboxylic acids is 2. The van der Waals surface area contributed by atoms with Gasteiger partial charge >= 0.3 is 0 Å². The van der Waals surface area contributed by atoms with Gasteiger partial charge in [-0.3, -0.25) is 14.9 Å². The molecule has 0 spiro atoms. The number of rotatable bonds is 8. The van der Waals surface area contributed by atoms with E-state index in [1.807, 2.05) is 12.1 Å². The van der Waals surface area contributed by atoms with Crippen LogP contribution in [0.4, 0.5) is 11.8 Å². The Hall–Kier alpha value is -3.44. The topological polar surface area (TPSA) is 123 Å². The minimum Gasteiger partial charge on any atom is -0.414 e. The SMILES string of the molecule is CC(C)(C)[Si](C)(C)OC[C@H]1O[C@@H](c2cnc(NC(=O)c3ccccc3)nc2NC(=O)c2ccccc2)C[C@@H]1O. The van der Waals surface area contributed by atoms with Crippen molar-refractivity contribution in [3.63, 3.8) is 0 Å². The van der Waals surface area contributed by atoms with Gasteiger partial charge in [-0.05, 0) is 42.4 Å². The number of benzene rings is 2. The first-order valence-corrected chi connectivity index (χ1v) is 15.9. The number of amides is 2. The number of aliphatic hydroxyl groups excluding tert-OH is 1. The number of nitrogens with one attached hydrogen (secondary N) is 2. The van der Waals surface area contributed by atoms with Crippen molar-refractivity contribution in [2.45, 2.75) is 63.6 Å². The smallest absolute Gasteiger partial charge is 0.258 e. The number of anilines is 2. The predicted molar refractivity (Wildman–Crippen MR) is 152 cm³/mol. The van der Waals surface area contributed by atoms with Gasteiger partial charge in [0, 0.05) is 29.3 Å². The van der Waals surface area contributed by atoms with Crippen molar-refractivity contribution < 1.29 is 23.9 Å². The molecule has 10 heteroatoms. The molecule has 4 rings (SSSR count). The molecule has 2 aromatic carbocycles. The summed E-state index contributed by atoms with van der Waals surface area (Å²) in [4.78, 5) is 34.5. The third kappa shape index (κ3) is 6.96. The first-order valence-electron chi connectivity index (χ1n) is 13.0. The summed E-state index contributed by atoms with van der Waals surface area (Å²) in [5, 5.41) is 16.3. The number of carbonyl (C=O) groups is 2. The standard InChI is InChI=1S/C29H36N4O5Si/c1-29(2,3)39(4,5)37-18-24-22(34)16-23(38-24)21-17-30-28(33-27(36)20-14-10-7-11-15-20)32-25(21)31-26(35)19-12-8-6-9-13-19/h6-15,17,22-24,34H,16,18H2,1-5H3,(H2,30,31,32,33,35,36)/t22-,23+,24+/m0/s1. The molecule has 206 valence electrons. The lowest BCUT2D eigenvalue weighted by molar-refractivity contribution is -0.0194. The van der Waals surface area contributed by atoms with Gasteiger partial charge in [-0.15, -0.1) is 0 Å². The van der Waals surface area contributed by atoms with E-state index in [1.165, 1.54) is 6.20 Å². The van der Waals surface area contributed by atoms with Crippen molar-refractivity contribution in [1.82, 2.24) is 9.97 Å². The summed E-state index contributed by atoms with van der Waals surface area (Å²) in [6.07, 6.45) is -0.0475. The molecule has 0 unspecified atom stereocenters. The Morgan fingerprint density at radius 2 is 1.56 bits per heavy atom. The number of hydrogen-bond acceptors (Lipinski definition) is 7. The predicted octanol–water partition coefficient (Wildman–Crippen LogP) is 5.19. The zero-order valence-corrected chi connectivity index (χ0v) is 24.0. The maximum absolute atomic E-state index is 13.0. The van der Waals surface area contributed by atoms with Gasteiger partial charge in [0.05, 0.1) is 18.8 Å².